The highest BCUT2D eigenvalue weighted by molar-refractivity contribution is 7.18. The standard InChI is InChI=1S/C22H25ClN4O4S/c1-3-15-11-16-19(24-12-13-4-5-18(30-2)17(23)10-13)25-21(26-20(16)32-15)27-8-6-14(7-9-27)31-22(28)29/h4-5,10-11,14H,3,6-9,12H2,1-2H3,(H,28,29)(H,24,25,26). The molecule has 0 saturated carbocycles. The Balaban J connectivity index is 1.56. The minimum atomic E-state index is -1.23. The van der Waals surface area contributed by atoms with Crippen LogP contribution in [-0.4, -0.2) is 47.5 Å². The molecule has 1 aliphatic rings. The Hall–Kier alpha value is -2.78. The number of thiophene rings is 1. The number of nitrogens with one attached hydrogen (secondary N) is 1. The Morgan fingerprint density at radius 1 is 1.31 bits per heavy atom. The van der Waals surface area contributed by atoms with E-state index in [1.807, 2.05) is 18.2 Å². The highest BCUT2D eigenvalue weighted by atomic mass is 35.5. The van der Waals surface area contributed by atoms with Crippen molar-refractivity contribution in [1.29, 1.82) is 0 Å². The maximum Gasteiger partial charge on any atom is 0.506 e. The summed E-state index contributed by atoms with van der Waals surface area (Å²) in [6.45, 7) is 3.96. The van der Waals surface area contributed by atoms with Gasteiger partial charge in [-0.1, -0.05) is 24.6 Å². The molecule has 2 N–H and O–H groups in total. The van der Waals surface area contributed by atoms with Crippen molar-refractivity contribution in [2.24, 2.45) is 0 Å². The fourth-order valence-corrected chi connectivity index (χ4v) is 4.97. The summed E-state index contributed by atoms with van der Waals surface area (Å²) >= 11 is 7.94. The maximum atomic E-state index is 10.8. The van der Waals surface area contributed by atoms with Crippen LogP contribution in [0.5, 0.6) is 5.75 Å². The van der Waals surface area contributed by atoms with Gasteiger partial charge >= 0.3 is 6.16 Å². The summed E-state index contributed by atoms with van der Waals surface area (Å²) in [4.78, 5) is 24.7. The number of anilines is 2. The smallest absolute Gasteiger partial charge is 0.495 e. The lowest BCUT2D eigenvalue weighted by atomic mass is 10.1. The van der Waals surface area contributed by atoms with Crippen LogP contribution in [0.3, 0.4) is 0 Å². The topological polar surface area (TPSA) is 96.8 Å². The predicted octanol–water partition coefficient (Wildman–Crippen LogP) is 5.19. The number of piperidine rings is 1. The second kappa shape index (κ2) is 9.79. The molecule has 1 saturated heterocycles. The predicted molar refractivity (Wildman–Crippen MR) is 126 cm³/mol. The first-order chi connectivity index (χ1) is 15.5. The van der Waals surface area contributed by atoms with Gasteiger partial charge in [0, 0.05) is 37.4 Å². The number of halogens is 1. The van der Waals surface area contributed by atoms with Crippen LogP contribution in [0.1, 0.15) is 30.2 Å². The molecule has 32 heavy (non-hydrogen) atoms. The monoisotopic (exact) mass is 476 g/mol. The van der Waals surface area contributed by atoms with Gasteiger partial charge in [0.15, 0.2) is 0 Å². The number of hydrogen-bond donors (Lipinski definition) is 2. The normalized spacial score (nSPS) is 14.5. The van der Waals surface area contributed by atoms with E-state index in [1.54, 1.807) is 18.4 Å². The summed E-state index contributed by atoms with van der Waals surface area (Å²) in [5.41, 5.74) is 1.02. The number of fused-ring (bicyclic) bond motifs is 1. The molecule has 0 unspecified atom stereocenters. The highest BCUT2D eigenvalue weighted by Gasteiger charge is 2.25. The molecule has 0 radical (unpaired) electrons. The number of ether oxygens (including phenoxy) is 2. The van der Waals surface area contributed by atoms with Crippen molar-refractivity contribution < 1.29 is 19.4 Å². The van der Waals surface area contributed by atoms with Crippen LogP contribution in [0.4, 0.5) is 16.6 Å². The van der Waals surface area contributed by atoms with E-state index < -0.39 is 6.16 Å². The lowest BCUT2D eigenvalue weighted by Gasteiger charge is -2.31. The van der Waals surface area contributed by atoms with E-state index in [-0.39, 0.29) is 6.10 Å². The van der Waals surface area contributed by atoms with E-state index in [4.69, 9.17) is 36.1 Å². The third kappa shape index (κ3) is 4.99. The molecule has 1 aliphatic heterocycles. The molecule has 0 amide bonds. The van der Waals surface area contributed by atoms with Gasteiger partial charge in [0.1, 0.15) is 22.5 Å². The van der Waals surface area contributed by atoms with Crippen molar-refractivity contribution in [1.82, 2.24) is 9.97 Å². The number of methoxy groups -OCH3 is 1. The van der Waals surface area contributed by atoms with Crippen LogP contribution in [0.25, 0.3) is 10.2 Å². The zero-order valence-electron chi connectivity index (χ0n) is 17.9. The molecule has 1 fully saturated rings. The number of hydrogen-bond acceptors (Lipinski definition) is 8. The van der Waals surface area contributed by atoms with Crippen molar-refractivity contribution in [3.63, 3.8) is 0 Å². The van der Waals surface area contributed by atoms with Crippen LogP contribution in [0.2, 0.25) is 5.02 Å². The lowest BCUT2D eigenvalue weighted by molar-refractivity contribution is 0.0415. The van der Waals surface area contributed by atoms with Crippen molar-refractivity contribution >= 4 is 51.1 Å². The number of rotatable bonds is 7. The van der Waals surface area contributed by atoms with Gasteiger partial charge in [-0.3, -0.25) is 0 Å². The van der Waals surface area contributed by atoms with Crippen LogP contribution >= 0.6 is 22.9 Å². The molecule has 170 valence electrons. The minimum absolute atomic E-state index is 0.279. The molecule has 8 nitrogen and oxygen atoms in total. The molecule has 0 bridgehead atoms. The minimum Gasteiger partial charge on any atom is -0.495 e. The summed E-state index contributed by atoms with van der Waals surface area (Å²) in [5.74, 6) is 2.06. The number of carbonyl (C=O) groups is 1. The molecule has 2 aromatic heterocycles. The average molecular weight is 477 g/mol. The van der Waals surface area contributed by atoms with E-state index in [0.29, 0.717) is 49.2 Å². The second-order valence-corrected chi connectivity index (χ2v) is 9.07. The Labute approximate surface area is 195 Å². The summed E-state index contributed by atoms with van der Waals surface area (Å²) in [5, 5.41) is 13.9. The van der Waals surface area contributed by atoms with Gasteiger partial charge in [0.2, 0.25) is 5.95 Å². The number of aromatic nitrogens is 2. The van der Waals surface area contributed by atoms with Gasteiger partial charge in [0.25, 0.3) is 0 Å². The van der Waals surface area contributed by atoms with Gasteiger partial charge in [0.05, 0.1) is 17.5 Å². The van der Waals surface area contributed by atoms with E-state index in [1.165, 1.54) is 4.88 Å². The van der Waals surface area contributed by atoms with E-state index in [9.17, 15) is 4.79 Å². The molecule has 1 aromatic carbocycles. The third-order valence-electron chi connectivity index (χ3n) is 5.45. The van der Waals surface area contributed by atoms with Crippen molar-refractivity contribution in [2.75, 3.05) is 30.4 Å². The molecule has 0 aliphatic carbocycles. The van der Waals surface area contributed by atoms with E-state index >= 15 is 0 Å². The van der Waals surface area contributed by atoms with Gasteiger partial charge in [-0.2, -0.15) is 4.98 Å². The molecule has 3 heterocycles. The van der Waals surface area contributed by atoms with Gasteiger partial charge in [-0.15, -0.1) is 11.3 Å². The summed E-state index contributed by atoms with van der Waals surface area (Å²) in [6.07, 6.45) is 0.661. The van der Waals surface area contributed by atoms with Crippen molar-refractivity contribution in [3.8, 4) is 5.75 Å². The summed E-state index contributed by atoms with van der Waals surface area (Å²) in [6, 6.07) is 7.84. The second-order valence-electron chi connectivity index (χ2n) is 7.55. The molecular formula is C22H25ClN4O4S. The van der Waals surface area contributed by atoms with Crippen molar-refractivity contribution in [3.05, 3.63) is 39.7 Å². The van der Waals surface area contributed by atoms with E-state index in [0.717, 1.165) is 28.0 Å². The van der Waals surface area contributed by atoms with E-state index in [2.05, 4.69) is 23.2 Å². The summed E-state index contributed by atoms with van der Waals surface area (Å²) < 4.78 is 10.1. The fourth-order valence-electron chi connectivity index (χ4n) is 3.73. The van der Waals surface area contributed by atoms with Gasteiger partial charge in [-0.05, 0) is 30.2 Å². The fraction of sp³-hybridized carbons (Fsp3) is 0.409. The molecular weight excluding hydrogens is 452 g/mol. The average Bonchev–Trinajstić information content (AvgIpc) is 3.21. The quantitative estimate of drug-likeness (QED) is 0.449. The maximum absolute atomic E-state index is 10.8. The van der Waals surface area contributed by atoms with Crippen LogP contribution < -0.4 is 15.0 Å². The van der Waals surface area contributed by atoms with Crippen LogP contribution in [0.15, 0.2) is 24.3 Å². The molecule has 4 rings (SSSR count). The Morgan fingerprint density at radius 2 is 2.09 bits per heavy atom. The van der Waals surface area contributed by atoms with Crippen LogP contribution in [-0.2, 0) is 17.7 Å². The Bertz CT molecular complexity index is 1110. The number of aryl methyl sites for hydroxylation is 1. The first-order valence-corrected chi connectivity index (χ1v) is 11.7. The SMILES string of the molecule is CCc1cc2c(NCc3ccc(OC)c(Cl)c3)nc(N3CCC(OC(=O)O)CC3)nc2s1. The largest absolute Gasteiger partial charge is 0.506 e. The lowest BCUT2D eigenvalue weighted by Crippen LogP contribution is -2.38. The first kappa shape index (κ1) is 22.4. The highest BCUT2D eigenvalue weighted by Crippen LogP contribution is 2.33. The summed E-state index contributed by atoms with van der Waals surface area (Å²) in [7, 11) is 1.59. The molecule has 0 atom stereocenters. The zero-order chi connectivity index (χ0) is 22.7. The zero-order valence-corrected chi connectivity index (χ0v) is 19.5. The van der Waals surface area contributed by atoms with Gasteiger partial charge < -0.3 is 24.8 Å². The Kier molecular flexibility index (Phi) is 6.86. The molecule has 0 spiro atoms. The molecule has 10 heteroatoms. The number of nitrogens with zero attached hydrogens (tertiary/aromatic N) is 3. The third-order valence-corrected chi connectivity index (χ3v) is 6.92. The first-order valence-electron chi connectivity index (χ1n) is 10.5. The number of carboxylic acid groups (broad SMARTS) is 1. The Morgan fingerprint density at radius 3 is 2.75 bits per heavy atom. The van der Waals surface area contributed by atoms with Crippen LogP contribution in [0, 0.1) is 0 Å². The molecule has 3 aromatic rings. The van der Waals surface area contributed by atoms with Crippen molar-refractivity contribution in [2.45, 2.75) is 38.8 Å². The van der Waals surface area contributed by atoms with Gasteiger partial charge in [-0.25, -0.2) is 9.78 Å². The number of benzene rings is 1.